The van der Waals surface area contributed by atoms with Crippen LogP contribution in [0.1, 0.15) is 19.8 Å². The van der Waals surface area contributed by atoms with Crippen molar-refractivity contribution in [2.45, 2.75) is 33.2 Å². The molecule has 1 unspecified atom stereocenters. The molecule has 0 amide bonds. The third kappa shape index (κ3) is 2.25. The van der Waals surface area contributed by atoms with Crippen LogP contribution >= 0.6 is 0 Å². The second-order valence-corrected chi connectivity index (χ2v) is 9.75. The van der Waals surface area contributed by atoms with Gasteiger partial charge in [0.25, 0.3) is 0 Å². The summed E-state index contributed by atoms with van der Waals surface area (Å²) in [6.07, 6.45) is 3.10. The molecule has 1 heterocycles. The Hall–Kier alpha value is 1.27. The zero-order valence-electron chi connectivity index (χ0n) is 5.48. The van der Waals surface area contributed by atoms with Gasteiger partial charge in [-0.25, -0.2) is 0 Å². The molecule has 1 rings (SSSR count). The summed E-state index contributed by atoms with van der Waals surface area (Å²) in [5.74, 6) is 0. The standard InChI is InChI=1S/C6H13Te.BrH/c1-6-4-3-5-7(6)2;/h6H,3-5H2,1-2H3;1H/q+1;/p-1. The minimum Gasteiger partial charge on any atom is -1.00 e. The molecule has 1 saturated heterocycles. The van der Waals surface area contributed by atoms with E-state index >= 15 is 0 Å². The van der Waals surface area contributed by atoms with Gasteiger partial charge < -0.3 is 17.0 Å². The van der Waals surface area contributed by atoms with E-state index in [1.165, 1.54) is 3.97 Å². The van der Waals surface area contributed by atoms with Crippen molar-refractivity contribution in [1.29, 1.82) is 0 Å². The van der Waals surface area contributed by atoms with Crippen molar-refractivity contribution in [2.75, 3.05) is 0 Å². The minimum absolute atomic E-state index is 0. The van der Waals surface area contributed by atoms with Crippen LogP contribution < -0.4 is 17.0 Å². The summed E-state index contributed by atoms with van der Waals surface area (Å²) in [6, 6.07) is 0. The van der Waals surface area contributed by atoms with E-state index in [1.54, 1.807) is 17.3 Å². The third-order valence-electron chi connectivity index (χ3n) is 1.76. The zero-order chi connectivity index (χ0) is 5.28. The average Bonchev–Trinajstić information content (AvgIpc) is 1.91. The number of halogens is 1. The van der Waals surface area contributed by atoms with Gasteiger partial charge in [0.2, 0.25) is 0 Å². The van der Waals surface area contributed by atoms with Crippen LogP contribution in [0, 0.1) is 0 Å². The zero-order valence-corrected chi connectivity index (χ0v) is 9.40. The molecule has 0 N–H and O–H groups in total. The molecule has 1 aliphatic rings. The van der Waals surface area contributed by atoms with Gasteiger partial charge in [0.1, 0.15) is 0 Å². The number of hydrogen-bond donors (Lipinski definition) is 0. The van der Waals surface area contributed by atoms with Crippen molar-refractivity contribution >= 4 is 19.6 Å². The summed E-state index contributed by atoms with van der Waals surface area (Å²) in [5.41, 5.74) is 0. The van der Waals surface area contributed by atoms with Crippen LogP contribution in [0.5, 0.6) is 0 Å². The molecule has 0 bridgehead atoms. The monoisotopic (exact) mass is 294 g/mol. The average molecular weight is 293 g/mol. The van der Waals surface area contributed by atoms with Crippen molar-refractivity contribution in [2.24, 2.45) is 0 Å². The molecule has 0 aromatic rings. The molecular weight excluding hydrogens is 280 g/mol. The van der Waals surface area contributed by atoms with Gasteiger partial charge in [-0.3, -0.25) is 0 Å². The number of hydrogen-bond acceptors (Lipinski definition) is 0. The van der Waals surface area contributed by atoms with E-state index in [0.29, 0.717) is 0 Å². The first kappa shape index (κ1) is 9.27. The SMILES string of the molecule is CC1CCC[Te+]1C.[Br-]. The Balaban J connectivity index is 0.000000490. The molecule has 0 radical (unpaired) electrons. The van der Waals surface area contributed by atoms with Crippen LogP contribution in [0.15, 0.2) is 0 Å². The molecule has 0 aromatic carbocycles. The number of rotatable bonds is 0. The van der Waals surface area contributed by atoms with E-state index in [4.69, 9.17) is 0 Å². The second-order valence-electron chi connectivity index (χ2n) is 2.35. The molecule has 0 aliphatic carbocycles. The third-order valence-corrected chi connectivity index (χ3v) is 9.02. The van der Waals surface area contributed by atoms with Gasteiger partial charge in [-0.2, -0.15) is 0 Å². The van der Waals surface area contributed by atoms with Crippen LogP contribution in [-0.2, 0) is 0 Å². The van der Waals surface area contributed by atoms with E-state index < -0.39 is 19.6 Å². The normalized spacial score (nSPS) is 30.0. The minimum atomic E-state index is -0.403. The first-order valence-corrected chi connectivity index (χ1v) is 8.24. The van der Waals surface area contributed by atoms with Crippen molar-refractivity contribution in [3.63, 3.8) is 0 Å². The van der Waals surface area contributed by atoms with Crippen molar-refractivity contribution in [1.82, 2.24) is 0 Å². The fourth-order valence-electron chi connectivity index (χ4n) is 1.00. The van der Waals surface area contributed by atoms with Gasteiger partial charge in [-0.1, -0.05) is 0 Å². The van der Waals surface area contributed by atoms with Gasteiger partial charge in [0.05, 0.1) is 0 Å². The fraction of sp³-hybridized carbons (Fsp3) is 1.00. The molecule has 0 aromatic heterocycles. The van der Waals surface area contributed by atoms with Gasteiger partial charge in [-0.15, -0.1) is 0 Å². The van der Waals surface area contributed by atoms with E-state index in [2.05, 4.69) is 11.9 Å². The van der Waals surface area contributed by atoms with E-state index in [9.17, 15) is 0 Å². The molecule has 0 saturated carbocycles. The molecular formula is C6H13BrTe. The quantitative estimate of drug-likeness (QED) is 0.518. The van der Waals surface area contributed by atoms with Crippen LogP contribution in [0.2, 0.25) is 13.4 Å². The van der Waals surface area contributed by atoms with E-state index in [-0.39, 0.29) is 17.0 Å². The van der Waals surface area contributed by atoms with Gasteiger partial charge in [-0.05, 0) is 0 Å². The van der Waals surface area contributed by atoms with Gasteiger partial charge in [0, 0.05) is 0 Å². The summed E-state index contributed by atoms with van der Waals surface area (Å²) >= 11 is -0.403. The Bertz CT molecular complexity index is 57.5. The molecule has 1 aliphatic heterocycles. The summed E-state index contributed by atoms with van der Waals surface area (Å²) in [5, 5.41) is 0. The molecule has 8 heavy (non-hydrogen) atoms. The summed E-state index contributed by atoms with van der Waals surface area (Å²) in [4.78, 5) is 2.53. The smallest absolute Gasteiger partial charge is 1.00 e. The molecule has 0 spiro atoms. The Kier molecular flexibility index (Phi) is 4.80. The Labute approximate surface area is 69.5 Å². The molecule has 1 atom stereocenters. The molecule has 50 valence electrons. The van der Waals surface area contributed by atoms with Gasteiger partial charge >= 0.3 is 52.7 Å². The van der Waals surface area contributed by atoms with E-state index in [1.807, 2.05) is 0 Å². The predicted octanol–water partition coefficient (Wildman–Crippen LogP) is -0.701. The molecule has 2 heteroatoms. The Morgan fingerprint density at radius 2 is 2.12 bits per heavy atom. The van der Waals surface area contributed by atoms with Gasteiger partial charge in [0.15, 0.2) is 0 Å². The largest absolute Gasteiger partial charge is 1.00 e. The first-order chi connectivity index (χ1) is 3.30. The maximum Gasteiger partial charge on any atom is -1.00 e. The second kappa shape index (κ2) is 4.14. The van der Waals surface area contributed by atoms with E-state index in [0.717, 1.165) is 0 Å². The Morgan fingerprint density at radius 1 is 1.50 bits per heavy atom. The Morgan fingerprint density at radius 3 is 2.25 bits per heavy atom. The van der Waals surface area contributed by atoms with Crippen molar-refractivity contribution < 1.29 is 17.0 Å². The summed E-state index contributed by atoms with van der Waals surface area (Å²) in [6.45, 7) is 2.43. The molecule has 1 fully saturated rings. The summed E-state index contributed by atoms with van der Waals surface area (Å²) in [7, 11) is 0. The first-order valence-electron chi connectivity index (χ1n) is 2.92. The van der Waals surface area contributed by atoms with Crippen LogP contribution in [-0.4, -0.2) is 19.6 Å². The summed E-state index contributed by atoms with van der Waals surface area (Å²) < 4.78 is 2.83. The van der Waals surface area contributed by atoms with Crippen LogP contribution in [0.4, 0.5) is 0 Å². The topological polar surface area (TPSA) is 0 Å². The maximum absolute atomic E-state index is 2.53. The fourth-order valence-corrected chi connectivity index (χ4v) is 5.55. The van der Waals surface area contributed by atoms with Crippen molar-refractivity contribution in [3.05, 3.63) is 0 Å². The van der Waals surface area contributed by atoms with Crippen LogP contribution in [0.25, 0.3) is 0 Å². The molecule has 0 nitrogen and oxygen atoms in total. The maximum atomic E-state index is 2.53. The predicted molar refractivity (Wildman–Crippen MR) is 35.1 cm³/mol. The van der Waals surface area contributed by atoms with Crippen LogP contribution in [0.3, 0.4) is 0 Å². The van der Waals surface area contributed by atoms with Crippen molar-refractivity contribution in [3.8, 4) is 0 Å².